The van der Waals surface area contributed by atoms with Gasteiger partial charge in [-0.15, -0.1) is 0 Å². The van der Waals surface area contributed by atoms with Gasteiger partial charge in [0.2, 0.25) is 0 Å². The highest BCUT2D eigenvalue weighted by atomic mass is 16.3. The van der Waals surface area contributed by atoms with E-state index in [0.29, 0.717) is 0 Å². The summed E-state index contributed by atoms with van der Waals surface area (Å²) in [5.41, 5.74) is 0. The summed E-state index contributed by atoms with van der Waals surface area (Å²) in [7, 11) is 0. The average Bonchev–Trinajstić information content (AvgIpc) is 2.22. The van der Waals surface area contributed by atoms with Gasteiger partial charge < -0.3 is 5.11 Å². The number of hydrogen-bond donors (Lipinski definition) is 1. The Labute approximate surface area is 103 Å². The molecule has 0 amide bonds. The minimum Gasteiger partial charge on any atom is -0.393 e. The summed E-state index contributed by atoms with van der Waals surface area (Å²) >= 11 is 0. The van der Waals surface area contributed by atoms with Crippen LogP contribution in [0.5, 0.6) is 0 Å². The number of unbranched alkanes of at least 4 members (excludes halogenated alkanes) is 5. The molecule has 0 spiro atoms. The third-order valence-corrected chi connectivity index (χ3v) is 3.35. The Morgan fingerprint density at radius 1 is 0.750 bits per heavy atom. The van der Waals surface area contributed by atoms with Crippen LogP contribution in [0.1, 0.15) is 85.0 Å². The van der Waals surface area contributed by atoms with Gasteiger partial charge in [-0.2, -0.15) is 0 Å². The van der Waals surface area contributed by atoms with Crippen molar-refractivity contribution in [2.45, 2.75) is 91.1 Å². The fourth-order valence-electron chi connectivity index (χ4n) is 2.28. The van der Waals surface area contributed by atoms with Crippen LogP contribution in [0.2, 0.25) is 0 Å². The quantitative estimate of drug-likeness (QED) is 0.497. The zero-order chi connectivity index (χ0) is 12.2. The maximum atomic E-state index is 9.10. The van der Waals surface area contributed by atoms with Crippen LogP contribution in [0.3, 0.4) is 0 Å². The molecule has 0 aromatic rings. The van der Waals surface area contributed by atoms with Crippen LogP contribution >= 0.6 is 0 Å². The topological polar surface area (TPSA) is 20.2 Å². The lowest BCUT2D eigenvalue weighted by Gasteiger charge is -2.09. The SMILES string of the molecule is CCCC(C)CCCCCCCCC(C)O. The first kappa shape index (κ1) is 16.0. The summed E-state index contributed by atoms with van der Waals surface area (Å²) in [4.78, 5) is 0. The number of hydrogen-bond acceptors (Lipinski definition) is 1. The standard InChI is InChI=1S/C15H32O/c1-4-11-14(2)12-9-7-5-6-8-10-13-15(3)16/h14-16H,4-13H2,1-3H3. The highest BCUT2D eigenvalue weighted by molar-refractivity contribution is 4.54. The molecule has 16 heavy (non-hydrogen) atoms. The molecule has 0 aromatic carbocycles. The molecule has 98 valence electrons. The molecule has 0 bridgehead atoms. The smallest absolute Gasteiger partial charge is 0.0512 e. The Hall–Kier alpha value is -0.0400. The summed E-state index contributed by atoms with van der Waals surface area (Å²) in [5, 5.41) is 9.10. The van der Waals surface area contributed by atoms with Crippen molar-refractivity contribution in [3.8, 4) is 0 Å². The predicted octanol–water partition coefficient (Wildman–Crippen LogP) is 4.92. The highest BCUT2D eigenvalue weighted by Gasteiger charge is 2.00. The third-order valence-electron chi connectivity index (χ3n) is 3.35. The van der Waals surface area contributed by atoms with E-state index in [0.717, 1.165) is 12.3 Å². The molecule has 1 N–H and O–H groups in total. The fraction of sp³-hybridized carbons (Fsp3) is 1.00. The van der Waals surface area contributed by atoms with E-state index in [4.69, 9.17) is 5.11 Å². The van der Waals surface area contributed by atoms with Gasteiger partial charge in [0, 0.05) is 0 Å². The highest BCUT2D eigenvalue weighted by Crippen LogP contribution is 2.16. The molecular weight excluding hydrogens is 196 g/mol. The Morgan fingerprint density at radius 3 is 1.75 bits per heavy atom. The van der Waals surface area contributed by atoms with Gasteiger partial charge in [0.1, 0.15) is 0 Å². The van der Waals surface area contributed by atoms with E-state index in [1.54, 1.807) is 0 Å². The van der Waals surface area contributed by atoms with Crippen LogP contribution in [0, 0.1) is 5.92 Å². The lowest BCUT2D eigenvalue weighted by molar-refractivity contribution is 0.180. The van der Waals surface area contributed by atoms with E-state index in [2.05, 4.69) is 13.8 Å². The van der Waals surface area contributed by atoms with Gasteiger partial charge >= 0.3 is 0 Å². The maximum Gasteiger partial charge on any atom is 0.0512 e. The largest absolute Gasteiger partial charge is 0.393 e. The molecule has 0 aliphatic heterocycles. The Bertz CT molecular complexity index is 131. The van der Waals surface area contributed by atoms with Gasteiger partial charge in [0.15, 0.2) is 0 Å². The van der Waals surface area contributed by atoms with Crippen LogP contribution in [-0.2, 0) is 0 Å². The van der Waals surface area contributed by atoms with Crippen molar-refractivity contribution in [3.63, 3.8) is 0 Å². The molecular formula is C15H32O. The van der Waals surface area contributed by atoms with E-state index in [1.165, 1.54) is 57.8 Å². The molecule has 0 saturated carbocycles. The first-order chi connectivity index (χ1) is 7.66. The van der Waals surface area contributed by atoms with Crippen LogP contribution in [0.25, 0.3) is 0 Å². The van der Waals surface area contributed by atoms with Crippen molar-refractivity contribution < 1.29 is 5.11 Å². The van der Waals surface area contributed by atoms with E-state index in [-0.39, 0.29) is 6.10 Å². The molecule has 2 atom stereocenters. The molecule has 0 rings (SSSR count). The minimum absolute atomic E-state index is 0.102. The monoisotopic (exact) mass is 228 g/mol. The van der Waals surface area contributed by atoms with E-state index in [9.17, 15) is 0 Å². The molecule has 0 saturated heterocycles. The Morgan fingerprint density at radius 2 is 1.25 bits per heavy atom. The Balaban J connectivity index is 3.04. The van der Waals surface area contributed by atoms with Gasteiger partial charge in [-0.05, 0) is 19.3 Å². The second-order valence-corrected chi connectivity index (χ2v) is 5.44. The van der Waals surface area contributed by atoms with Crippen molar-refractivity contribution in [2.24, 2.45) is 5.92 Å². The Kier molecular flexibility index (Phi) is 11.4. The fourth-order valence-corrected chi connectivity index (χ4v) is 2.28. The number of rotatable bonds is 11. The molecule has 0 fully saturated rings. The van der Waals surface area contributed by atoms with Crippen LogP contribution in [-0.4, -0.2) is 11.2 Å². The van der Waals surface area contributed by atoms with E-state index in [1.807, 2.05) is 6.92 Å². The zero-order valence-corrected chi connectivity index (χ0v) is 11.7. The minimum atomic E-state index is -0.102. The van der Waals surface area contributed by atoms with Crippen molar-refractivity contribution in [1.82, 2.24) is 0 Å². The number of aliphatic hydroxyl groups is 1. The lowest BCUT2D eigenvalue weighted by Crippen LogP contribution is -1.98. The second kappa shape index (κ2) is 11.4. The maximum absolute atomic E-state index is 9.10. The van der Waals surface area contributed by atoms with Crippen molar-refractivity contribution >= 4 is 0 Å². The van der Waals surface area contributed by atoms with Gasteiger partial charge in [0.05, 0.1) is 6.10 Å². The summed E-state index contributed by atoms with van der Waals surface area (Å²) in [6.07, 6.45) is 13.1. The summed E-state index contributed by atoms with van der Waals surface area (Å²) in [6.45, 7) is 6.54. The predicted molar refractivity (Wildman–Crippen MR) is 72.7 cm³/mol. The van der Waals surface area contributed by atoms with Gasteiger partial charge in [-0.1, -0.05) is 71.6 Å². The normalized spacial score (nSPS) is 15.0. The molecule has 0 aromatic heterocycles. The van der Waals surface area contributed by atoms with Gasteiger partial charge in [-0.3, -0.25) is 0 Å². The molecule has 1 nitrogen and oxygen atoms in total. The summed E-state index contributed by atoms with van der Waals surface area (Å²) in [5.74, 6) is 0.931. The summed E-state index contributed by atoms with van der Waals surface area (Å²) < 4.78 is 0. The molecule has 0 aliphatic carbocycles. The third kappa shape index (κ3) is 12.0. The van der Waals surface area contributed by atoms with Gasteiger partial charge in [0.25, 0.3) is 0 Å². The van der Waals surface area contributed by atoms with Crippen molar-refractivity contribution in [1.29, 1.82) is 0 Å². The van der Waals surface area contributed by atoms with Crippen LogP contribution in [0.4, 0.5) is 0 Å². The second-order valence-electron chi connectivity index (χ2n) is 5.44. The van der Waals surface area contributed by atoms with Crippen LogP contribution in [0.15, 0.2) is 0 Å². The first-order valence-corrected chi connectivity index (χ1v) is 7.34. The molecule has 0 aliphatic rings. The zero-order valence-electron chi connectivity index (χ0n) is 11.7. The molecule has 0 radical (unpaired) electrons. The van der Waals surface area contributed by atoms with Crippen molar-refractivity contribution in [3.05, 3.63) is 0 Å². The molecule has 2 unspecified atom stereocenters. The average molecular weight is 228 g/mol. The summed E-state index contributed by atoms with van der Waals surface area (Å²) in [6, 6.07) is 0. The van der Waals surface area contributed by atoms with Gasteiger partial charge in [-0.25, -0.2) is 0 Å². The van der Waals surface area contributed by atoms with Crippen LogP contribution < -0.4 is 0 Å². The van der Waals surface area contributed by atoms with Crippen molar-refractivity contribution in [2.75, 3.05) is 0 Å². The lowest BCUT2D eigenvalue weighted by atomic mass is 9.98. The van der Waals surface area contributed by atoms with E-state index >= 15 is 0 Å². The molecule has 0 heterocycles. The first-order valence-electron chi connectivity index (χ1n) is 7.34. The molecule has 1 heteroatoms. The van der Waals surface area contributed by atoms with E-state index < -0.39 is 0 Å². The number of aliphatic hydroxyl groups excluding tert-OH is 1.